The van der Waals surface area contributed by atoms with Crippen molar-refractivity contribution in [1.29, 1.82) is 0 Å². The molecule has 3 aromatic rings. The summed E-state index contributed by atoms with van der Waals surface area (Å²) in [5.74, 6) is -0.648. The zero-order valence-electron chi connectivity index (χ0n) is 18.2. The fourth-order valence-corrected chi connectivity index (χ4v) is 4.00. The second-order valence-electron chi connectivity index (χ2n) is 8.27. The van der Waals surface area contributed by atoms with E-state index in [0.29, 0.717) is 44.6 Å². The van der Waals surface area contributed by atoms with Gasteiger partial charge in [-0.1, -0.05) is 30.3 Å². The molecule has 2 amide bonds. The molecule has 2 heterocycles. The molecule has 2 aromatic carbocycles. The van der Waals surface area contributed by atoms with Crippen LogP contribution in [0.15, 0.2) is 77.7 Å². The molecule has 0 saturated carbocycles. The first kappa shape index (κ1) is 22.5. The van der Waals surface area contributed by atoms with Crippen molar-refractivity contribution in [3.8, 4) is 0 Å². The Hall–Kier alpha value is -3.74. The van der Waals surface area contributed by atoms with E-state index in [1.165, 1.54) is 30.3 Å². The van der Waals surface area contributed by atoms with Gasteiger partial charge in [0.1, 0.15) is 5.82 Å². The van der Waals surface area contributed by atoms with Crippen LogP contribution in [0.5, 0.6) is 0 Å². The number of hydrogen-bond donors (Lipinski definition) is 1. The van der Waals surface area contributed by atoms with Crippen molar-refractivity contribution >= 4 is 11.8 Å². The van der Waals surface area contributed by atoms with E-state index < -0.39 is 0 Å². The van der Waals surface area contributed by atoms with Crippen molar-refractivity contribution < 1.29 is 14.0 Å². The second-order valence-corrected chi connectivity index (χ2v) is 8.27. The van der Waals surface area contributed by atoms with E-state index in [-0.39, 0.29) is 29.1 Å². The van der Waals surface area contributed by atoms with Crippen LogP contribution in [0.25, 0.3) is 0 Å². The molecule has 1 N–H and O–H groups in total. The summed E-state index contributed by atoms with van der Waals surface area (Å²) in [5, 5.41) is 2.99. The molecule has 1 aliphatic rings. The van der Waals surface area contributed by atoms with E-state index in [1.54, 1.807) is 21.7 Å². The zero-order chi connectivity index (χ0) is 23.2. The molecular weight excluding hydrogens is 421 g/mol. The van der Waals surface area contributed by atoms with Gasteiger partial charge in [0.15, 0.2) is 0 Å². The van der Waals surface area contributed by atoms with E-state index >= 15 is 0 Å². The highest BCUT2D eigenvalue weighted by Crippen LogP contribution is 2.20. The SMILES string of the molecule is O=C(NCc1ccc(Cn2ccccc2=O)cc1)C1CCN(C(=O)c2ccc(F)cc2)CC1. The van der Waals surface area contributed by atoms with Gasteiger partial charge in [-0.25, -0.2) is 4.39 Å². The summed E-state index contributed by atoms with van der Waals surface area (Å²) in [4.78, 5) is 38.7. The van der Waals surface area contributed by atoms with Gasteiger partial charge in [-0.3, -0.25) is 14.4 Å². The summed E-state index contributed by atoms with van der Waals surface area (Å²) in [6.45, 7) is 1.93. The first-order valence-corrected chi connectivity index (χ1v) is 11.1. The Morgan fingerprint density at radius 3 is 2.24 bits per heavy atom. The summed E-state index contributed by atoms with van der Waals surface area (Å²) < 4.78 is 14.7. The molecule has 0 radical (unpaired) electrons. The number of pyridine rings is 1. The molecule has 1 aliphatic heterocycles. The highest BCUT2D eigenvalue weighted by molar-refractivity contribution is 5.94. The van der Waals surface area contributed by atoms with Crippen LogP contribution >= 0.6 is 0 Å². The number of halogens is 1. The molecule has 33 heavy (non-hydrogen) atoms. The zero-order valence-corrected chi connectivity index (χ0v) is 18.2. The second kappa shape index (κ2) is 10.3. The molecule has 170 valence electrons. The summed E-state index contributed by atoms with van der Waals surface area (Å²) in [7, 11) is 0. The Kier molecular flexibility index (Phi) is 6.98. The van der Waals surface area contributed by atoms with E-state index in [0.717, 1.165) is 11.1 Å². The number of piperidine rings is 1. The predicted molar refractivity (Wildman–Crippen MR) is 123 cm³/mol. The van der Waals surface area contributed by atoms with Crippen molar-refractivity contribution in [2.75, 3.05) is 13.1 Å². The summed E-state index contributed by atoms with van der Waals surface area (Å²) in [5.41, 5.74) is 2.41. The van der Waals surface area contributed by atoms with E-state index in [9.17, 15) is 18.8 Å². The topological polar surface area (TPSA) is 71.4 Å². The molecule has 0 unspecified atom stereocenters. The number of hydrogen-bond acceptors (Lipinski definition) is 3. The van der Waals surface area contributed by atoms with Crippen LogP contribution < -0.4 is 10.9 Å². The molecule has 0 aliphatic carbocycles. The van der Waals surface area contributed by atoms with Crippen molar-refractivity contribution in [2.45, 2.75) is 25.9 Å². The molecule has 0 spiro atoms. The third-order valence-electron chi connectivity index (χ3n) is 5.99. The van der Waals surface area contributed by atoms with E-state index in [2.05, 4.69) is 5.32 Å². The van der Waals surface area contributed by atoms with Crippen molar-refractivity contribution in [3.63, 3.8) is 0 Å². The van der Waals surface area contributed by atoms with Gasteiger partial charge in [0, 0.05) is 43.4 Å². The smallest absolute Gasteiger partial charge is 0.253 e. The Balaban J connectivity index is 1.24. The minimum absolute atomic E-state index is 0.0104. The molecule has 7 heteroatoms. The Morgan fingerprint density at radius 2 is 1.58 bits per heavy atom. The molecule has 1 fully saturated rings. The number of carbonyl (C=O) groups is 2. The van der Waals surface area contributed by atoms with Crippen molar-refractivity contribution in [2.24, 2.45) is 5.92 Å². The third-order valence-corrected chi connectivity index (χ3v) is 5.99. The standard InChI is InChI=1S/C26H26FN3O3/c27-23-10-8-22(9-11-23)26(33)29-15-12-21(13-16-29)25(32)28-17-19-4-6-20(7-5-19)18-30-14-2-1-3-24(30)31/h1-11,14,21H,12-13,15-18H2,(H,28,32). The Morgan fingerprint density at radius 1 is 0.909 bits per heavy atom. The molecule has 1 aromatic heterocycles. The number of nitrogens with zero attached hydrogens (tertiary/aromatic N) is 2. The van der Waals surface area contributed by atoms with Gasteiger partial charge >= 0.3 is 0 Å². The molecule has 0 atom stereocenters. The maximum Gasteiger partial charge on any atom is 0.253 e. The van der Waals surface area contributed by atoms with Crippen LogP contribution in [0.3, 0.4) is 0 Å². The lowest BCUT2D eigenvalue weighted by molar-refractivity contribution is -0.126. The lowest BCUT2D eigenvalue weighted by Crippen LogP contribution is -2.42. The maximum atomic E-state index is 13.1. The summed E-state index contributed by atoms with van der Waals surface area (Å²) in [6, 6.07) is 18.4. The summed E-state index contributed by atoms with van der Waals surface area (Å²) >= 11 is 0. The normalized spacial score (nSPS) is 14.2. The van der Waals surface area contributed by atoms with Crippen LogP contribution in [0.4, 0.5) is 4.39 Å². The Labute approximate surface area is 191 Å². The lowest BCUT2D eigenvalue weighted by Gasteiger charge is -2.31. The molecule has 4 rings (SSSR count). The highest BCUT2D eigenvalue weighted by atomic mass is 19.1. The number of likely N-dealkylation sites (tertiary alicyclic amines) is 1. The minimum atomic E-state index is -0.372. The van der Waals surface area contributed by atoms with Crippen LogP contribution in [0.1, 0.15) is 34.3 Å². The van der Waals surface area contributed by atoms with Crippen LogP contribution in [-0.4, -0.2) is 34.4 Å². The predicted octanol–water partition coefficient (Wildman–Crippen LogP) is 3.20. The number of rotatable bonds is 6. The van der Waals surface area contributed by atoms with Gasteiger partial charge < -0.3 is 14.8 Å². The minimum Gasteiger partial charge on any atom is -0.352 e. The average Bonchev–Trinajstić information content (AvgIpc) is 2.85. The first-order valence-electron chi connectivity index (χ1n) is 11.1. The van der Waals surface area contributed by atoms with Crippen molar-refractivity contribution in [1.82, 2.24) is 14.8 Å². The maximum absolute atomic E-state index is 13.1. The molecular formula is C26H26FN3O3. The highest BCUT2D eigenvalue weighted by Gasteiger charge is 2.27. The van der Waals surface area contributed by atoms with Gasteiger partial charge in [-0.15, -0.1) is 0 Å². The van der Waals surface area contributed by atoms with Crippen molar-refractivity contribution in [3.05, 3.63) is 106 Å². The number of aromatic nitrogens is 1. The van der Waals surface area contributed by atoms with Gasteiger partial charge in [0.2, 0.25) is 5.91 Å². The number of nitrogens with one attached hydrogen (secondary N) is 1. The van der Waals surface area contributed by atoms with Gasteiger partial charge in [-0.2, -0.15) is 0 Å². The average molecular weight is 448 g/mol. The fraction of sp³-hybridized carbons (Fsp3) is 0.269. The quantitative estimate of drug-likeness (QED) is 0.631. The Bertz CT molecular complexity index is 1160. The van der Waals surface area contributed by atoms with Gasteiger partial charge in [0.05, 0.1) is 6.54 Å². The van der Waals surface area contributed by atoms with Crippen LogP contribution in [-0.2, 0) is 17.9 Å². The van der Waals surface area contributed by atoms with Crippen LogP contribution in [0, 0.1) is 11.7 Å². The number of carbonyl (C=O) groups excluding carboxylic acids is 2. The monoisotopic (exact) mass is 447 g/mol. The fourth-order valence-electron chi connectivity index (χ4n) is 4.00. The van der Waals surface area contributed by atoms with Gasteiger partial charge in [-0.05, 0) is 54.3 Å². The van der Waals surface area contributed by atoms with E-state index in [1.807, 2.05) is 30.3 Å². The molecule has 1 saturated heterocycles. The van der Waals surface area contributed by atoms with E-state index in [4.69, 9.17) is 0 Å². The summed E-state index contributed by atoms with van der Waals surface area (Å²) in [6.07, 6.45) is 2.96. The third kappa shape index (κ3) is 5.74. The molecule has 0 bridgehead atoms. The number of amides is 2. The van der Waals surface area contributed by atoms with Gasteiger partial charge in [0.25, 0.3) is 11.5 Å². The lowest BCUT2D eigenvalue weighted by atomic mass is 9.95. The molecule has 6 nitrogen and oxygen atoms in total. The number of benzene rings is 2. The van der Waals surface area contributed by atoms with Crippen LogP contribution in [0.2, 0.25) is 0 Å². The largest absolute Gasteiger partial charge is 0.352 e. The first-order chi connectivity index (χ1) is 16.0.